The van der Waals surface area contributed by atoms with E-state index in [1.165, 1.54) is 12.1 Å². The predicted octanol–water partition coefficient (Wildman–Crippen LogP) is 4.22. The summed E-state index contributed by atoms with van der Waals surface area (Å²) in [4.78, 5) is 14.4. The average molecular weight is 337 g/mol. The van der Waals surface area contributed by atoms with E-state index >= 15 is 0 Å². The lowest BCUT2D eigenvalue weighted by molar-refractivity contribution is 0.107. The van der Waals surface area contributed by atoms with Gasteiger partial charge in [-0.15, -0.1) is 0 Å². The molecule has 0 radical (unpaired) electrons. The summed E-state index contributed by atoms with van der Waals surface area (Å²) < 4.78 is 15.1. The van der Waals surface area contributed by atoms with Gasteiger partial charge in [-0.2, -0.15) is 4.73 Å². The van der Waals surface area contributed by atoms with Crippen molar-refractivity contribution in [3.05, 3.63) is 71.3 Å². The molecular formula is C20H20FN3O. The number of aryl methyl sites for hydroxylation is 1. The summed E-state index contributed by atoms with van der Waals surface area (Å²) in [6, 6.07) is 8.61. The number of hydrogen-bond donors (Lipinski definition) is 0. The van der Waals surface area contributed by atoms with Gasteiger partial charge in [0.15, 0.2) is 0 Å². The van der Waals surface area contributed by atoms with Crippen LogP contribution in [0.5, 0.6) is 0 Å². The normalized spacial score (nSPS) is 12.2. The molecule has 0 bridgehead atoms. The Bertz CT molecular complexity index is 957. The van der Waals surface area contributed by atoms with Crippen LogP contribution in [0.15, 0.2) is 53.8 Å². The van der Waals surface area contributed by atoms with Crippen molar-refractivity contribution in [2.45, 2.75) is 20.5 Å². The molecule has 3 rings (SSSR count). The quantitative estimate of drug-likeness (QED) is 0.654. The predicted molar refractivity (Wildman–Crippen MR) is 99.2 cm³/mol. The Morgan fingerprint density at radius 1 is 1.32 bits per heavy atom. The molecule has 0 fully saturated rings. The number of nitrogens with zero attached hydrogens (tertiary/aromatic N) is 3. The van der Waals surface area contributed by atoms with Crippen molar-refractivity contribution in [3.63, 3.8) is 0 Å². The van der Waals surface area contributed by atoms with E-state index in [4.69, 9.17) is 4.84 Å². The number of pyridine rings is 1. The molecule has 4 nitrogen and oxygen atoms in total. The standard InChI is InChI=1S/C20H20FN3O/c1-4-15(11-22-3)16-10-20-19(23-12-16)7-8-24(20)25-13-17-9-18(21)6-5-14(17)2/h4-12H,13H2,1-3H3/b15-4+,22-11?. The zero-order chi connectivity index (χ0) is 17.8. The van der Waals surface area contributed by atoms with Crippen LogP contribution in [-0.4, -0.2) is 23.0 Å². The second kappa shape index (κ2) is 7.30. The second-order valence-corrected chi connectivity index (χ2v) is 5.75. The van der Waals surface area contributed by atoms with Crippen LogP contribution in [0.25, 0.3) is 16.6 Å². The first-order chi connectivity index (χ1) is 12.1. The average Bonchev–Trinajstić information content (AvgIpc) is 3.02. The highest BCUT2D eigenvalue weighted by molar-refractivity contribution is 6.10. The van der Waals surface area contributed by atoms with Crippen LogP contribution in [0.2, 0.25) is 0 Å². The molecule has 5 heteroatoms. The third-order valence-electron chi connectivity index (χ3n) is 4.09. The first-order valence-corrected chi connectivity index (χ1v) is 8.06. The van der Waals surface area contributed by atoms with Crippen LogP contribution in [0.3, 0.4) is 0 Å². The molecule has 0 spiro atoms. The summed E-state index contributed by atoms with van der Waals surface area (Å²) in [5.41, 5.74) is 5.46. The minimum absolute atomic E-state index is 0.262. The van der Waals surface area contributed by atoms with Crippen molar-refractivity contribution in [3.8, 4) is 0 Å². The van der Waals surface area contributed by atoms with E-state index in [1.807, 2.05) is 44.4 Å². The Morgan fingerprint density at radius 2 is 2.16 bits per heavy atom. The third-order valence-corrected chi connectivity index (χ3v) is 4.09. The molecule has 2 heterocycles. The van der Waals surface area contributed by atoms with E-state index in [1.54, 1.807) is 24.1 Å². The molecule has 0 unspecified atom stereocenters. The van der Waals surface area contributed by atoms with Gasteiger partial charge < -0.3 is 4.84 Å². The molecule has 0 amide bonds. The molecule has 0 saturated carbocycles. The molecule has 0 atom stereocenters. The van der Waals surface area contributed by atoms with E-state index in [0.717, 1.165) is 33.3 Å². The van der Waals surface area contributed by atoms with Gasteiger partial charge in [-0.1, -0.05) is 12.1 Å². The van der Waals surface area contributed by atoms with Gasteiger partial charge in [0.25, 0.3) is 0 Å². The number of aromatic nitrogens is 2. The number of hydrogen-bond acceptors (Lipinski definition) is 3. The van der Waals surface area contributed by atoms with Gasteiger partial charge in [0.2, 0.25) is 0 Å². The van der Waals surface area contributed by atoms with Crippen LogP contribution in [0.4, 0.5) is 4.39 Å². The van der Waals surface area contributed by atoms with E-state index in [9.17, 15) is 4.39 Å². The highest BCUT2D eigenvalue weighted by Gasteiger charge is 2.08. The van der Waals surface area contributed by atoms with E-state index in [2.05, 4.69) is 9.98 Å². The number of rotatable bonds is 5. The summed E-state index contributed by atoms with van der Waals surface area (Å²) in [7, 11) is 1.74. The van der Waals surface area contributed by atoms with Crippen LogP contribution in [0.1, 0.15) is 23.6 Å². The summed E-state index contributed by atoms with van der Waals surface area (Å²) >= 11 is 0. The van der Waals surface area contributed by atoms with E-state index in [0.29, 0.717) is 0 Å². The minimum Gasteiger partial charge on any atom is -0.409 e. The molecule has 2 aromatic heterocycles. The highest BCUT2D eigenvalue weighted by Crippen LogP contribution is 2.19. The van der Waals surface area contributed by atoms with Crippen LogP contribution in [-0.2, 0) is 6.61 Å². The maximum Gasteiger partial charge on any atom is 0.140 e. The van der Waals surface area contributed by atoms with Crippen LogP contribution < -0.4 is 4.84 Å². The van der Waals surface area contributed by atoms with Crippen LogP contribution in [0, 0.1) is 12.7 Å². The number of benzene rings is 1. The van der Waals surface area contributed by atoms with Gasteiger partial charge in [-0.3, -0.25) is 9.98 Å². The third kappa shape index (κ3) is 3.60. The summed E-state index contributed by atoms with van der Waals surface area (Å²) in [6.07, 6.45) is 7.42. The fourth-order valence-electron chi connectivity index (χ4n) is 2.65. The van der Waals surface area contributed by atoms with E-state index in [-0.39, 0.29) is 12.4 Å². The monoisotopic (exact) mass is 337 g/mol. The maximum absolute atomic E-state index is 13.4. The van der Waals surface area contributed by atoms with Crippen molar-refractivity contribution < 1.29 is 9.23 Å². The molecular weight excluding hydrogens is 317 g/mol. The minimum atomic E-state index is -0.262. The summed E-state index contributed by atoms with van der Waals surface area (Å²) in [5, 5.41) is 0. The Hall–Kier alpha value is -2.95. The zero-order valence-electron chi connectivity index (χ0n) is 14.5. The fraction of sp³-hybridized carbons (Fsp3) is 0.200. The molecule has 1 aromatic carbocycles. The number of allylic oxidation sites excluding steroid dienone is 2. The second-order valence-electron chi connectivity index (χ2n) is 5.75. The number of fused-ring (bicyclic) bond motifs is 1. The van der Waals surface area contributed by atoms with Crippen molar-refractivity contribution >= 4 is 22.8 Å². The van der Waals surface area contributed by atoms with Crippen molar-refractivity contribution in [1.29, 1.82) is 0 Å². The molecule has 25 heavy (non-hydrogen) atoms. The molecule has 128 valence electrons. The van der Waals surface area contributed by atoms with E-state index < -0.39 is 0 Å². The lowest BCUT2D eigenvalue weighted by Gasteiger charge is -2.11. The van der Waals surface area contributed by atoms with Crippen molar-refractivity contribution in [1.82, 2.24) is 9.71 Å². The Morgan fingerprint density at radius 3 is 2.92 bits per heavy atom. The van der Waals surface area contributed by atoms with Gasteiger partial charge >= 0.3 is 0 Å². The smallest absolute Gasteiger partial charge is 0.140 e. The Kier molecular flexibility index (Phi) is 4.93. The van der Waals surface area contributed by atoms with Crippen molar-refractivity contribution in [2.75, 3.05) is 7.05 Å². The largest absolute Gasteiger partial charge is 0.409 e. The SMILES string of the molecule is C/C=C(\C=NC)c1cnc2ccn(OCc3cc(F)ccc3C)c2c1. The van der Waals surface area contributed by atoms with Gasteiger partial charge in [0.05, 0.1) is 5.52 Å². The summed E-state index contributed by atoms with van der Waals surface area (Å²) in [5.74, 6) is -0.262. The first-order valence-electron chi connectivity index (χ1n) is 8.06. The summed E-state index contributed by atoms with van der Waals surface area (Å²) in [6.45, 7) is 4.18. The van der Waals surface area contributed by atoms with Gasteiger partial charge in [0, 0.05) is 31.2 Å². The molecule has 0 aliphatic heterocycles. The van der Waals surface area contributed by atoms with Gasteiger partial charge in [-0.05, 0) is 54.8 Å². The van der Waals surface area contributed by atoms with Gasteiger partial charge in [0.1, 0.15) is 17.9 Å². The lowest BCUT2D eigenvalue weighted by Crippen LogP contribution is -2.11. The molecule has 0 aliphatic rings. The van der Waals surface area contributed by atoms with Crippen LogP contribution >= 0.6 is 0 Å². The first kappa shape index (κ1) is 16.9. The highest BCUT2D eigenvalue weighted by atomic mass is 19.1. The Balaban J connectivity index is 1.90. The number of aliphatic imine (C=N–C) groups is 1. The van der Waals surface area contributed by atoms with Crippen molar-refractivity contribution in [2.24, 2.45) is 4.99 Å². The lowest BCUT2D eigenvalue weighted by atomic mass is 10.1. The zero-order valence-corrected chi connectivity index (χ0v) is 14.5. The molecule has 3 aromatic rings. The maximum atomic E-state index is 13.4. The topological polar surface area (TPSA) is 39.4 Å². The molecule has 0 aliphatic carbocycles. The molecule has 0 N–H and O–H groups in total. The Labute approximate surface area is 146 Å². The fourth-order valence-corrected chi connectivity index (χ4v) is 2.65. The molecule has 0 saturated heterocycles. The number of halogens is 1. The van der Waals surface area contributed by atoms with Gasteiger partial charge in [-0.25, -0.2) is 4.39 Å².